The minimum Gasteiger partial charge on any atom is -0.507 e. The molecular formula is C9H7ClF2O2. The third kappa shape index (κ3) is 2.01. The van der Waals surface area contributed by atoms with Gasteiger partial charge in [0.1, 0.15) is 5.75 Å². The summed E-state index contributed by atoms with van der Waals surface area (Å²) in [5, 5.41) is 5.56. The molecule has 0 saturated carbocycles. The van der Waals surface area contributed by atoms with E-state index in [9.17, 15) is 18.7 Å². The average Bonchev–Trinajstić information content (AvgIpc) is 2.01. The average molecular weight is 221 g/mol. The number of hydrogen-bond acceptors (Lipinski definition) is 2. The van der Waals surface area contributed by atoms with Crippen molar-refractivity contribution in [2.24, 2.45) is 0 Å². The molecule has 0 spiro atoms. The summed E-state index contributed by atoms with van der Waals surface area (Å²) < 4.78 is 25.5. The molecule has 0 radical (unpaired) electrons. The van der Waals surface area contributed by atoms with Crippen LogP contribution in [0.1, 0.15) is 22.8 Å². The second-order valence-electron chi connectivity index (χ2n) is 2.75. The number of aromatic hydroxyl groups is 1. The molecule has 76 valence electrons. The fraction of sp³-hybridized carbons (Fsp3) is 0.222. The molecule has 0 bridgehead atoms. The molecule has 0 unspecified atom stereocenters. The lowest BCUT2D eigenvalue weighted by Crippen LogP contribution is -2.10. The van der Waals surface area contributed by atoms with Gasteiger partial charge < -0.3 is 5.11 Å². The molecule has 1 aromatic carbocycles. The van der Waals surface area contributed by atoms with E-state index in [1.807, 2.05) is 0 Å². The van der Waals surface area contributed by atoms with Crippen molar-refractivity contribution in [2.75, 3.05) is 0 Å². The number of hydrogen-bond donors (Lipinski definition) is 1. The van der Waals surface area contributed by atoms with Crippen molar-refractivity contribution in [3.8, 4) is 5.75 Å². The molecule has 0 fully saturated rings. The van der Waals surface area contributed by atoms with Crippen LogP contribution in [0.5, 0.6) is 5.75 Å². The Bertz CT molecular complexity index is 372. The van der Waals surface area contributed by atoms with E-state index in [0.29, 0.717) is 0 Å². The van der Waals surface area contributed by atoms with E-state index in [-0.39, 0.29) is 0 Å². The fourth-order valence-electron chi connectivity index (χ4n) is 1.15. The lowest BCUT2D eigenvalue weighted by Gasteiger charge is -2.12. The molecule has 14 heavy (non-hydrogen) atoms. The lowest BCUT2D eigenvalue weighted by atomic mass is 10.0. The summed E-state index contributed by atoms with van der Waals surface area (Å²) in [6, 6.07) is 3.36. The molecule has 0 aliphatic carbocycles. The Morgan fingerprint density at radius 3 is 2.43 bits per heavy atom. The summed E-state index contributed by atoms with van der Waals surface area (Å²) in [4.78, 5) is 11.0. The second-order valence-corrected chi connectivity index (χ2v) is 3.23. The molecule has 0 aliphatic rings. The normalized spacial score (nSPS) is 11.4. The van der Waals surface area contributed by atoms with Crippen molar-refractivity contribution in [3.05, 3.63) is 29.3 Å². The van der Waals surface area contributed by atoms with Crippen molar-refractivity contribution >= 4 is 17.4 Å². The summed E-state index contributed by atoms with van der Waals surface area (Å²) >= 11 is 4.78. The molecule has 1 N–H and O–H groups in total. The first kappa shape index (κ1) is 10.9. The van der Waals surface area contributed by atoms with E-state index in [2.05, 4.69) is 0 Å². The molecule has 0 aliphatic heterocycles. The van der Waals surface area contributed by atoms with Crippen LogP contribution in [-0.2, 0) is 5.38 Å². The summed E-state index contributed by atoms with van der Waals surface area (Å²) in [6.45, 7) is 1.08. The van der Waals surface area contributed by atoms with Crippen molar-refractivity contribution in [2.45, 2.75) is 12.3 Å². The maximum atomic E-state index is 12.8. The van der Waals surface area contributed by atoms with E-state index in [4.69, 9.17) is 11.6 Å². The maximum Gasteiger partial charge on any atom is 0.349 e. The van der Waals surface area contributed by atoms with Gasteiger partial charge in [0.15, 0.2) is 5.78 Å². The van der Waals surface area contributed by atoms with Crippen LogP contribution in [0, 0.1) is 0 Å². The molecule has 2 nitrogen and oxygen atoms in total. The predicted molar refractivity (Wildman–Crippen MR) is 47.9 cm³/mol. The van der Waals surface area contributed by atoms with Gasteiger partial charge >= 0.3 is 5.38 Å². The van der Waals surface area contributed by atoms with Gasteiger partial charge in [0.05, 0.1) is 11.1 Å². The van der Waals surface area contributed by atoms with E-state index in [0.717, 1.165) is 19.1 Å². The molecule has 0 aromatic heterocycles. The number of carbonyl (C=O) groups excluding carboxylic acids is 1. The van der Waals surface area contributed by atoms with Gasteiger partial charge in [-0.15, -0.1) is 0 Å². The number of halogens is 3. The molecule has 0 atom stereocenters. The number of alkyl halides is 3. The van der Waals surface area contributed by atoms with Crippen LogP contribution in [0.25, 0.3) is 0 Å². The van der Waals surface area contributed by atoms with Gasteiger partial charge in [-0.1, -0.05) is 12.1 Å². The van der Waals surface area contributed by atoms with Gasteiger partial charge in [-0.3, -0.25) is 4.79 Å². The van der Waals surface area contributed by atoms with Crippen molar-refractivity contribution in [1.29, 1.82) is 0 Å². The van der Waals surface area contributed by atoms with Crippen LogP contribution in [0.4, 0.5) is 8.78 Å². The van der Waals surface area contributed by atoms with Gasteiger partial charge in [0.25, 0.3) is 0 Å². The smallest absolute Gasteiger partial charge is 0.349 e. The van der Waals surface area contributed by atoms with Gasteiger partial charge in [-0.25, -0.2) is 0 Å². The van der Waals surface area contributed by atoms with Crippen LogP contribution >= 0.6 is 11.6 Å². The zero-order valence-electron chi connectivity index (χ0n) is 7.22. The Balaban J connectivity index is 3.44. The highest BCUT2D eigenvalue weighted by atomic mass is 35.5. The number of rotatable bonds is 2. The topological polar surface area (TPSA) is 37.3 Å². The Hall–Kier alpha value is -1.16. The quantitative estimate of drug-likeness (QED) is 0.615. The number of carbonyl (C=O) groups is 1. The largest absolute Gasteiger partial charge is 0.507 e. The highest BCUT2D eigenvalue weighted by Gasteiger charge is 2.33. The zero-order chi connectivity index (χ0) is 10.9. The zero-order valence-corrected chi connectivity index (χ0v) is 7.98. The van der Waals surface area contributed by atoms with Crippen molar-refractivity contribution in [1.82, 2.24) is 0 Å². The van der Waals surface area contributed by atoms with E-state index in [1.54, 1.807) is 0 Å². The Labute approximate surface area is 84.1 Å². The summed E-state index contributed by atoms with van der Waals surface area (Å²) in [7, 11) is 0. The van der Waals surface area contributed by atoms with Gasteiger partial charge in [0, 0.05) is 0 Å². The minimum atomic E-state index is -3.65. The number of ketones is 1. The molecule has 0 heterocycles. The number of benzene rings is 1. The number of phenols is 1. The Morgan fingerprint density at radius 2 is 2.07 bits per heavy atom. The van der Waals surface area contributed by atoms with E-state index >= 15 is 0 Å². The first-order valence-corrected chi connectivity index (χ1v) is 4.12. The molecule has 0 amide bonds. The third-order valence-electron chi connectivity index (χ3n) is 1.70. The van der Waals surface area contributed by atoms with Crippen LogP contribution < -0.4 is 0 Å². The maximum absolute atomic E-state index is 12.8. The van der Waals surface area contributed by atoms with E-state index < -0.39 is 28.0 Å². The Morgan fingerprint density at radius 1 is 1.50 bits per heavy atom. The van der Waals surface area contributed by atoms with Crippen molar-refractivity contribution in [3.63, 3.8) is 0 Å². The van der Waals surface area contributed by atoms with Crippen LogP contribution in [0.2, 0.25) is 0 Å². The Kier molecular flexibility index (Phi) is 2.76. The highest BCUT2D eigenvalue weighted by molar-refractivity contribution is 6.22. The van der Waals surface area contributed by atoms with Crippen molar-refractivity contribution < 1.29 is 18.7 Å². The first-order chi connectivity index (χ1) is 6.34. The third-order valence-corrected chi connectivity index (χ3v) is 1.90. The summed E-state index contributed by atoms with van der Waals surface area (Å²) in [5.74, 6) is -1.14. The van der Waals surface area contributed by atoms with Crippen LogP contribution in [-0.4, -0.2) is 10.9 Å². The SMILES string of the molecule is CC(=O)c1c(O)cccc1C(F)(F)Cl. The summed E-state index contributed by atoms with van der Waals surface area (Å²) in [6.07, 6.45) is 0. The van der Waals surface area contributed by atoms with Gasteiger partial charge in [0.2, 0.25) is 0 Å². The highest BCUT2D eigenvalue weighted by Crippen LogP contribution is 2.37. The predicted octanol–water partition coefficient (Wildman–Crippen LogP) is 2.88. The van der Waals surface area contributed by atoms with Gasteiger partial charge in [-0.2, -0.15) is 8.78 Å². The van der Waals surface area contributed by atoms with E-state index in [1.165, 1.54) is 6.07 Å². The molecule has 0 saturated heterocycles. The minimum absolute atomic E-state index is 0.437. The molecule has 5 heteroatoms. The number of Topliss-reactive ketones (excluding diaryl/α,β-unsaturated/α-hetero) is 1. The fourth-order valence-corrected chi connectivity index (χ4v) is 1.30. The number of phenolic OH excluding ortho intramolecular Hbond substituents is 1. The summed E-state index contributed by atoms with van der Waals surface area (Å²) in [5.41, 5.74) is -1.11. The lowest BCUT2D eigenvalue weighted by molar-refractivity contribution is 0.0883. The van der Waals surface area contributed by atoms with Crippen LogP contribution in [0.3, 0.4) is 0 Å². The second kappa shape index (κ2) is 3.53. The molecular weight excluding hydrogens is 214 g/mol. The monoisotopic (exact) mass is 220 g/mol. The van der Waals surface area contributed by atoms with Crippen LogP contribution in [0.15, 0.2) is 18.2 Å². The van der Waals surface area contributed by atoms with Gasteiger partial charge in [-0.05, 0) is 24.6 Å². The molecule has 1 aromatic rings. The first-order valence-electron chi connectivity index (χ1n) is 3.74. The molecule has 1 rings (SSSR count). The standard InChI is InChI=1S/C9H7ClF2O2/c1-5(13)8-6(9(10,11)12)3-2-4-7(8)14/h2-4,14H,1H3.